The SMILES string of the molecule is COCCn1cnc2c1c(=O)n(CC(=O)Nc1nnc(C3CC3)s1)c(=O)n2Cc1ccccc1. The summed E-state index contributed by atoms with van der Waals surface area (Å²) in [5, 5.41) is 12.0. The number of benzene rings is 1. The van der Waals surface area contributed by atoms with Crippen molar-refractivity contribution in [1.82, 2.24) is 28.9 Å². The number of rotatable bonds is 9. The number of nitrogens with zero attached hydrogens (tertiary/aromatic N) is 6. The number of anilines is 1. The van der Waals surface area contributed by atoms with Crippen LogP contribution < -0.4 is 16.6 Å². The zero-order valence-corrected chi connectivity index (χ0v) is 19.3. The Morgan fingerprint density at radius 2 is 1.97 bits per heavy atom. The summed E-state index contributed by atoms with van der Waals surface area (Å²) in [4.78, 5) is 43.8. The average Bonchev–Trinajstić information content (AvgIpc) is 3.44. The van der Waals surface area contributed by atoms with Gasteiger partial charge in [0, 0.05) is 19.6 Å². The first kappa shape index (κ1) is 22.2. The molecule has 34 heavy (non-hydrogen) atoms. The molecule has 176 valence electrons. The lowest BCUT2D eigenvalue weighted by atomic mass is 10.2. The van der Waals surface area contributed by atoms with Gasteiger partial charge in [-0.25, -0.2) is 14.3 Å². The Morgan fingerprint density at radius 1 is 1.18 bits per heavy atom. The molecule has 1 aliphatic rings. The molecule has 3 heterocycles. The van der Waals surface area contributed by atoms with Crippen LogP contribution >= 0.6 is 11.3 Å². The van der Waals surface area contributed by atoms with Crippen LogP contribution in [0.3, 0.4) is 0 Å². The van der Waals surface area contributed by atoms with Gasteiger partial charge in [0.2, 0.25) is 11.0 Å². The standard InChI is InChI=1S/C22H23N7O4S/c1-33-10-9-27-13-23-18-17(27)20(31)29(22(32)28(18)11-14-5-3-2-4-6-14)12-16(30)24-21-26-25-19(34-21)15-7-8-15/h2-6,13,15H,7-12H2,1H3,(H,24,26,30). The van der Waals surface area contributed by atoms with E-state index >= 15 is 0 Å². The van der Waals surface area contributed by atoms with Gasteiger partial charge < -0.3 is 9.30 Å². The molecule has 1 amide bonds. The molecule has 0 bridgehead atoms. The van der Waals surface area contributed by atoms with Crippen LogP contribution in [0.4, 0.5) is 5.13 Å². The van der Waals surface area contributed by atoms with Gasteiger partial charge in [0.05, 0.1) is 19.5 Å². The van der Waals surface area contributed by atoms with Gasteiger partial charge in [-0.1, -0.05) is 41.7 Å². The summed E-state index contributed by atoms with van der Waals surface area (Å²) in [5.41, 5.74) is 0.194. The molecule has 1 fully saturated rings. The molecule has 0 saturated heterocycles. The van der Waals surface area contributed by atoms with Crippen LogP contribution in [-0.2, 0) is 29.2 Å². The first-order valence-electron chi connectivity index (χ1n) is 10.9. The van der Waals surface area contributed by atoms with Gasteiger partial charge in [0.25, 0.3) is 5.56 Å². The smallest absolute Gasteiger partial charge is 0.333 e. The van der Waals surface area contributed by atoms with Gasteiger partial charge in [-0.05, 0) is 18.4 Å². The van der Waals surface area contributed by atoms with Gasteiger partial charge in [0.15, 0.2) is 11.2 Å². The Labute approximate surface area is 197 Å². The van der Waals surface area contributed by atoms with Crippen LogP contribution in [-0.4, -0.2) is 48.5 Å². The lowest BCUT2D eigenvalue weighted by molar-refractivity contribution is -0.116. The van der Waals surface area contributed by atoms with E-state index in [1.165, 1.54) is 22.2 Å². The third-order valence-electron chi connectivity index (χ3n) is 5.62. The average molecular weight is 482 g/mol. The zero-order valence-electron chi connectivity index (χ0n) is 18.5. The van der Waals surface area contributed by atoms with Crippen LogP contribution in [0.25, 0.3) is 11.2 Å². The Hall–Kier alpha value is -3.64. The predicted molar refractivity (Wildman–Crippen MR) is 126 cm³/mol. The molecule has 12 heteroatoms. The number of carbonyl (C=O) groups is 1. The van der Waals surface area contributed by atoms with Gasteiger partial charge in [-0.2, -0.15) is 0 Å². The number of hydrogen-bond acceptors (Lipinski definition) is 8. The van der Waals surface area contributed by atoms with Crippen LogP contribution in [0.1, 0.15) is 29.3 Å². The van der Waals surface area contributed by atoms with Crippen LogP contribution in [0, 0.1) is 0 Å². The van der Waals surface area contributed by atoms with Crippen molar-refractivity contribution in [3.63, 3.8) is 0 Å². The highest BCUT2D eigenvalue weighted by Crippen LogP contribution is 2.42. The van der Waals surface area contributed by atoms with Crippen molar-refractivity contribution in [3.05, 3.63) is 68.1 Å². The Bertz CT molecular complexity index is 1450. The number of amides is 1. The molecule has 4 aromatic rings. The second-order valence-electron chi connectivity index (χ2n) is 8.12. The maximum absolute atomic E-state index is 13.4. The molecular formula is C22H23N7O4S. The molecule has 5 rings (SSSR count). The fourth-order valence-electron chi connectivity index (χ4n) is 3.73. The Kier molecular flexibility index (Phi) is 6.07. The summed E-state index contributed by atoms with van der Waals surface area (Å²) in [6.07, 6.45) is 3.67. The first-order valence-corrected chi connectivity index (χ1v) is 11.7. The van der Waals surface area contributed by atoms with Crippen LogP contribution in [0.2, 0.25) is 0 Å². The summed E-state index contributed by atoms with van der Waals surface area (Å²) in [7, 11) is 1.56. The van der Waals surface area contributed by atoms with Crippen LogP contribution in [0.15, 0.2) is 46.2 Å². The summed E-state index contributed by atoms with van der Waals surface area (Å²) in [5.74, 6) is -0.1000. The highest BCUT2D eigenvalue weighted by molar-refractivity contribution is 7.15. The van der Waals surface area contributed by atoms with Crippen molar-refractivity contribution in [1.29, 1.82) is 0 Å². The van der Waals surface area contributed by atoms with E-state index in [0.717, 1.165) is 28.0 Å². The maximum atomic E-state index is 13.4. The number of hydrogen-bond donors (Lipinski definition) is 1. The van der Waals surface area contributed by atoms with E-state index in [4.69, 9.17) is 4.74 Å². The third-order valence-corrected chi connectivity index (χ3v) is 6.62. The number of ether oxygens (including phenoxy) is 1. The number of aromatic nitrogens is 6. The first-order chi connectivity index (χ1) is 16.5. The fraction of sp³-hybridized carbons (Fsp3) is 0.364. The molecule has 3 aromatic heterocycles. The molecule has 1 saturated carbocycles. The number of nitrogens with one attached hydrogen (secondary N) is 1. The quantitative estimate of drug-likeness (QED) is 0.383. The fourth-order valence-corrected chi connectivity index (χ4v) is 4.66. The Morgan fingerprint density at radius 3 is 2.71 bits per heavy atom. The maximum Gasteiger partial charge on any atom is 0.333 e. The molecule has 0 unspecified atom stereocenters. The Balaban J connectivity index is 1.51. The van der Waals surface area contributed by atoms with E-state index in [0.29, 0.717) is 24.2 Å². The number of fused-ring (bicyclic) bond motifs is 1. The van der Waals surface area contributed by atoms with E-state index in [1.54, 1.807) is 11.7 Å². The van der Waals surface area contributed by atoms with E-state index in [-0.39, 0.29) is 17.7 Å². The molecule has 0 spiro atoms. The molecule has 0 aliphatic heterocycles. The van der Waals surface area contributed by atoms with Crippen molar-refractivity contribution in [2.24, 2.45) is 0 Å². The minimum atomic E-state index is -0.607. The lowest BCUT2D eigenvalue weighted by Gasteiger charge is -2.12. The van der Waals surface area contributed by atoms with Crippen molar-refractivity contribution >= 4 is 33.5 Å². The van der Waals surface area contributed by atoms with Crippen molar-refractivity contribution < 1.29 is 9.53 Å². The topological polar surface area (TPSA) is 126 Å². The zero-order chi connectivity index (χ0) is 23.7. The third kappa shape index (κ3) is 4.41. The summed E-state index contributed by atoms with van der Waals surface area (Å²) >= 11 is 1.32. The van der Waals surface area contributed by atoms with Crippen LogP contribution in [0.5, 0.6) is 0 Å². The van der Waals surface area contributed by atoms with Crippen molar-refractivity contribution in [2.45, 2.75) is 38.4 Å². The molecule has 0 radical (unpaired) electrons. The van der Waals surface area contributed by atoms with E-state index in [2.05, 4.69) is 20.5 Å². The monoisotopic (exact) mass is 481 g/mol. The minimum absolute atomic E-state index is 0.209. The normalized spacial score (nSPS) is 13.4. The lowest BCUT2D eigenvalue weighted by Crippen LogP contribution is -2.43. The van der Waals surface area contributed by atoms with E-state index in [1.807, 2.05) is 30.3 Å². The molecule has 0 atom stereocenters. The van der Waals surface area contributed by atoms with Gasteiger partial charge in [-0.15, -0.1) is 10.2 Å². The largest absolute Gasteiger partial charge is 0.383 e. The molecule has 1 aliphatic carbocycles. The van der Waals surface area contributed by atoms with Crippen molar-refractivity contribution in [2.75, 3.05) is 19.0 Å². The number of imidazole rings is 1. The highest BCUT2D eigenvalue weighted by atomic mass is 32.1. The van der Waals surface area contributed by atoms with E-state index < -0.39 is 23.7 Å². The summed E-state index contributed by atoms with van der Waals surface area (Å²) in [6.45, 7) is 0.507. The summed E-state index contributed by atoms with van der Waals surface area (Å²) < 4.78 is 9.13. The summed E-state index contributed by atoms with van der Waals surface area (Å²) in [6, 6.07) is 9.39. The second kappa shape index (κ2) is 9.31. The molecular weight excluding hydrogens is 458 g/mol. The molecule has 11 nitrogen and oxygen atoms in total. The van der Waals surface area contributed by atoms with Gasteiger partial charge in [0.1, 0.15) is 11.6 Å². The second-order valence-corrected chi connectivity index (χ2v) is 9.13. The minimum Gasteiger partial charge on any atom is -0.383 e. The van der Waals surface area contributed by atoms with E-state index in [9.17, 15) is 14.4 Å². The van der Waals surface area contributed by atoms with Gasteiger partial charge >= 0.3 is 5.69 Å². The predicted octanol–water partition coefficient (Wildman–Crippen LogP) is 1.42. The highest BCUT2D eigenvalue weighted by Gasteiger charge is 2.28. The van der Waals surface area contributed by atoms with Gasteiger partial charge in [-0.3, -0.25) is 19.5 Å². The number of carbonyl (C=O) groups excluding carboxylic acids is 1. The van der Waals surface area contributed by atoms with Crippen molar-refractivity contribution in [3.8, 4) is 0 Å². The molecule has 1 N–H and O–H groups in total. The molecule has 1 aromatic carbocycles. The number of methoxy groups -OCH3 is 1.